The van der Waals surface area contributed by atoms with E-state index in [1.165, 1.54) is 4.90 Å². The summed E-state index contributed by atoms with van der Waals surface area (Å²) in [4.78, 5) is 29.7. The van der Waals surface area contributed by atoms with E-state index < -0.39 is 6.04 Å². The van der Waals surface area contributed by atoms with E-state index in [1.54, 1.807) is 24.5 Å². The first-order valence-corrected chi connectivity index (χ1v) is 6.69. The fourth-order valence-corrected chi connectivity index (χ4v) is 2.45. The van der Waals surface area contributed by atoms with Crippen molar-refractivity contribution >= 4 is 17.5 Å². The molecular weight excluding hydrogens is 242 g/mol. The predicted molar refractivity (Wildman–Crippen MR) is 72.5 cm³/mol. The van der Waals surface area contributed by atoms with Gasteiger partial charge in [-0.05, 0) is 25.0 Å². The fraction of sp³-hybridized carbons (Fsp3) is 0.500. The Bertz CT molecular complexity index is 457. The molecule has 1 atom stereocenters. The first-order valence-electron chi connectivity index (χ1n) is 6.69. The van der Waals surface area contributed by atoms with Crippen molar-refractivity contribution in [2.75, 3.05) is 5.32 Å². The van der Waals surface area contributed by atoms with Crippen LogP contribution in [-0.4, -0.2) is 33.8 Å². The van der Waals surface area contributed by atoms with Crippen LogP contribution in [0.15, 0.2) is 24.5 Å². The maximum Gasteiger partial charge on any atom is 0.252 e. The smallest absolute Gasteiger partial charge is 0.252 e. The summed E-state index contributed by atoms with van der Waals surface area (Å²) < 4.78 is 0. The quantitative estimate of drug-likeness (QED) is 0.821. The molecule has 1 unspecified atom stereocenters. The molecule has 0 bridgehead atoms. The lowest BCUT2D eigenvalue weighted by molar-refractivity contribution is -0.141. The van der Waals surface area contributed by atoms with Crippen LogP contribution in [0.25, 0.3) is 0 Å². The zero-order valence-corrected chi connectivity index (χ0v) is 11.3. The van der Waals surface area contributed by atoms with Crippen LogP contribution >= 0.6 is 0 Å². The summed E-state index contributed by atoms with van der Waals surface area (Å²) >= 11 is 0. The molecule has 2 heterocycles. The van der Waals surface area contributed by atoms with E-state index in [-0.39, 0.29) is 24.3 Å². The van der Waals surface area contributed by atoms with Crippen molar-refractivity contribution in [3.8, 4) is 0 Å². The first-order chi connectivity index (χ1) is 9.17. The Morgan fingerprint density at radius 3 is 2.53 bits per heavy atom. The molecule has 1 aliphatic rings. The van der Waals surface area contributed by atoms with Gasteiger partial charge >= 0.3 is 0 Å². The highest BCUT2D eigenvalue weighted by Crippen LogP contribution is 2.22. The van der Waals surface area contributed by atoms with Gasteiger partial charge in [0.25, 0.3) is 5.91 Å². The largest absolute Gasteiger partial charge is 0.373 e. The molecule has 102 valence electrons. The van der Waals surface area contributed by atoms with Gasteiger partial charge in [0.05, 0.1) is 6.42 Å². The summed E-state index contributed by atoms with van der Waals surface area (Å²) in [5.74, 6) is -0.194. The number of carbonyl (C=O) groups excluding carboxylic acids is 2. The number of hydrogen-bond acceptors (Lipinski definition) is 4. The van der Waals surface area contributed by atoms with Crippen molar-refractivity contribution < 1.29 is 9.59 Å². The molecule has 2 rings (SSSR count). The van der Waals surface area contributed by atoms with Crippen LogP contribution in [0, 0.1) is 0 Å². The molecule has 5 nitrogen and oxygen atoms in total. The van der Waals surface area contributed by atoms with E-state index in [2.05, 4.69) is 10.3 Å². The standard InChI is InChI=1S/C14H19N3O2/c1-3-11(4-2)17-13(18)9-12(14(17)19)16-10-5-7-15-8-6-10/h5-8,11-12H,3-4,9H2,1-2H3,(H,15,16). The molecule has 0 spiro atoms. The second-order valence-corrected chi connectivity index (χ2v) is 4.71. The Morgan fingerprint density at radius 1 is 1.32 bits per heavy atom. The zero-order valence-electron chi connectivity index (χ0n) is 11.3. The van der Waals surface area contributed by atoms with Gasteiger partial charge in [-0.1, -0.05) is 13.8 Å². The number of carbonyl (C=O) groups is 2. The van der Waals surface area contributed by atoms with Crippen LogP contribution in [0.1, 0.15) is 33.1 Å². The minimum absolute atomic E-state index is 0.0178. The van der Waals surface area contributed by atoms with Crippen molar-refractivity contribution in [2.45, 2.75) is 45.2 Å². The number of aromatic nitrogens is 1. The van der Waals surface area contributed by atoms with Crippen molar-refractivity contribution in [3.63, 3.8) is 0 Å². The highest BCUT2D eigenvalue weighted by molar-refractivity contribution is 6.07. The van der Waals surface area contributed by atoms with E-state index in [1.807, 2.05) is 13.8 Å². The van der Waals surface area contributed by atoms with Gasteiger partial charge in [0.2, 0.25) is 5.91 Å². The molecule has 1 aromatic rings. The van der Waals surface area contributed by atoms with Crippen molar-refractivity contribution in [2.24, 2.45) is 0 Å². The minimum atomic E-state index is -0.449. The van der Waals surface area contributed by atoms with Gasteiger partial charge < -0.3 is 5.32 Å². The summed E-state index contributed by atoms with van der Waals surface area (Å²) in [5.41, 5.74) is 0.813. The number of pyridine rings is 1. The van der Waals surface area contributed by atoms with Crippen molar-refractivity contribution in [1.29, 1.82) is 0 Å². The summed E-state index contributed by atoms with van der Waals surface area (Å²) in [7, 11) is 0. The SMILES string of the molecule is CCC(CC)N1C(=O)CC(Nc2ccncc2)C1=O. The van der Waals surface area contributed by atoms with Crippen molar-refractivity contribution in [1.82, 2.24) is 9.88 Å². The number of likely N-dealkylation sites (tertiary alicyclic amines) is 1. The minimum Gasteiger partial charge on any atom is -0.373 e. The lowest BCUT2D eigenvalue weighted by Gasteiger charge is -2.24. The zero-order chi connectivity index (χ0) is 13.8. The van der Waals surface area contributed by atoms with Gasteiger partial charge in [0, 0.05) is 24.1 Å². The maximum atomic E-state index is 12.3. The summed E-state index contributed by atoms with van der Waals surface area (Å²) in [6.07, 6.45) is 5.15. The van der Waals surface area contributed by atoms with E-state index in [4.69, 9.17) is 0 Å². The Labute approximate surface area is 113 Å². The van der Waals surface area contributed by atoms with Crippen molar-refractivity contribution in [3.05, 3.63) is 24.5 Å². The molecule has 0 aromatic carbocycles. The molecule has 1 N–H and O–H groups in total. The highest BCUT2D eigenvalue weighted by atomic mass is 16.2. The fourth-order valence-electron chi connectivity index (χ4n) is 2.45. The number of nitrogens with one attached hydrogen (secondary N) is 1. The molecule has 0 radical (unpaired) electrons. The monoisotopic (exact) mass is 261 g/mol. The molecule has 5 heteroatoms. The number of anilines is 1. The second kappa shape index (κ2) is 5.82. The predicted octanol–water partition coefficient (Wildman–Crippen LogP) is 1.81. The van der Waals surface area contributed by atoms with Crippen LogP contribution in [0.2, 0.25) is 0 Å². The van der Waals surface area contributed by atoms with E-state index >= 15 is 0 Å². The average molecular weight is 261 g/mol. The number of rotatable bonds is 5. The molecule has 1 aliphatic heterocycles. The summed E-state index contributed by atoms with van der Waals surface area (Å²) in [6.45, 7) is 4.00. The molecule has 2 amide bonds. The molecule has 1 saturated heterocycles. The summed E-state index contributed by atoms with van der Waals surface area (Å²) in [5, 5.41) is 3.10. The summed E-state index contributed by atoms with van der Waals surface area (Å²) in [6, 6.07) is 3.15. The van der Waals surface area contributed by atoms with Crippen LogP contribution in [0.3, 0.4) is 0 Å². The number of imide groups is 1. The van der Waals surface area contributed by atoms with E-state index in [0.717, 1.165) is 18.5 Å². The highest BCUT2D eigenvalue weighted by Gasteiger charge is 2.41. The Hall–Kier alpha value is -1.91. The molecule has 0 aliphatic carbocycles. The third-order valence-electron chi connectivity index (χ3n) is 3.51. The molecule has 1 aromatic heterocycles. The lowest BCUT2D eigenvalue weighted by atomic mass is 10.1. The topological polar surface area (TPSA) is 62.3 Å². The third kappa shape index (κ3) is 2.75. The molecule has 1 fully saturated rings. The molecule has 19 heavy (non-hydrogen) atoms. The van der Waals surface area contributed by atoms with Crippen LogP contribution in [0.5, 0.6) is 0 Å². The Morgan fingerprint density at radius 2 is 1.95 bits per heavy atom. The third-order valence-corrected chi connectivity index (χ3v) is 3.51. The lowest BCUT2D eigenvalue weighted by Crippen LogP contribution is -2.41. The van der Waals surface area contributed by atoms with Crippen LogP contribution in [0.4, 0.5) is 5.69 Å². The van der Waals surface area contributed by atoms with E-state index in [0.29, 0.717) is 0 Å². The van der Waals surface area contributed by atoms with Gasteiger partial charge in [-0.25, -0.2) is 0 Å². The Kier molecular flexibility index (Phi) is 4.14. The maximum absolute atomic E-state index is 12.3. The number of nitrogens with zero attached hydrogens (tertiary/aromatic N) is 2. The number of amides is 2. The van der Waals surface area contributed by atoms with Gasteiger partial charge in [-0.15, -0.1) is 0 Å². The second-order valence-electron chi connectivity index (χ2n) is 4.71. The van der Waals surface area contributed by atoms with Gasteiger partial charge in [0.15, 0.2) is 0 Å². The Balaban J connectivity index is 2.10. The normalized spacial score (nSPS) is 19.3. The van der Waals surface area contributed by atoms with Gasteiger partial charge in [0.1, 0.15) is 6.04 Å². The van der Waals surface area contributed by atoms with Gasteiger partial charge in [-0.3, -0.25) is 19.5 Å². The molecule has 0 saturated carbocycles. The average Bonchev–Trinajstić information content (AvgIpc) is 2.69. The number of hydrogen-bond donors (Lipinski definition) is 1. The van der Waals surface area contributed by atoms with Crippen LogP contribution < -0.4 is 5.32 Å². The van der Waals surface area contributed by atoms with Crippen LogP contribution in [-0.2, 0) is 9.59 Å². The first kappa shape index (κ1) is 13.5. The van der Waals surface area contributed by atoms with E-state index in [9.17, 15) is 9.59 Å². The molecular formula is C14H19N3O2. The van der Waals surface area contributed by atoms with Gasteiger partial charge in [-0.2, -0.15) is 0 Å².